The van der Waals surface area contributed by atoms with Crippen LogP contribution in [0.25, 0.3) is 0 Å². The van der Waals surface area contributed by atoms with Gasteiger partial charge in [-0.3, -0.25) is 0 Å². The molecule has 18 heavy (non-hydrogen) atoms. The van der Waals surface area contributed by atoms with Gasteiger partial charge in [-0.05, 0) is 41.6 Å². The van der Waals surface area contributed by atoms with Gasteiger partial charge in [0.05, 0.1) is 19.6 Å². The van der Waals surface area contributed by atoms with Crippen LogP contribution >= 0.6 is 22.9 Å². The summed E-state index contributed by atoms with van der Waals surface area (Å²) in [5.41, 5.74) is 2.15. The van der Waals surface area contributed by atoms with Crippen molar-refractivity contribution in [2.45, 2.75) is 12.3 Å². The van der Waals surface area contributed by atoms with E-state index in [4.69, 9.17) is 21.1 Å². The molecule has 0 radical (unpaired) electrons. The number of ether oxygens (including phenoxy) is 2. The first kappa shape index (κ1) is 13.2. The first-order valence-electron chi connectivity index (χ1n) is 5.57. The Morgan fingerprint density at radius 3 is 2.39 bits per heavy atom. The molecule has 0 bridgehead atoms. The summed E-state index contributed by atoms with van der Waals surface area (Å²) in [6.45, 7) is 2.03. The fourth-order valence-corrected chi connectivity index (χ4v) is 3.04. The lowest BCUT2D eigenvalue weighted by molar-refractivity contribution is 0.354. The van der Waals surface area contributed by atoms with E-state index in [2.05, 4.69) is 0 Å². The van der Waals surface area contributed by atoms with Crippen LogP contribution in [0.2, 0.25) is 0 Å². The first-order valence-corrected chi connectivity index (χ1v) is 6.89. The minimum atomic E-state index is -0.148. The van der Waals surface area contributed by atoms with Crippen LogP contribution in [0.1, 0.15) is 21.4 Å². The predicted molar refractivity (Wildman–Crippen MR) is 76.3 cm³/mol. The monoisotopic (exact) mass is 282 g/mol. The Kier molecular flexibility index (Phi) is 4.15. The van der Waals surface area contributed by atoms with E-state index >= 15 is 0 Å². The maximum atomic E-state index is 6.52. The van der Waals surface area contributed by atoms with Gasteiger partial charge >= 0.3 is 0 Å². The molecule has 1 unspecified atom stereocenters. The first-order chi connectivity index (χ1) is 8.67. The molecule has 1 aromatic heterocycles. The van der Waals surface area contributed by atoms with Crippen molar-refractivity contribution < 1.29 is 9.47 Å². The highest BCUT2D eigenvalue weighted by atomic mass is 35.5. The zero-order valence-corrected chi connectivity index (χ0v) is 12.1. The Labute approximate surface area is 116 Å². The third-order valence-electron chi connectivity index (χ3n) is 2.84. The molecule has 0 saturated carbocycles. The molecule has 4 heteroatoms. The lowest BCUT2D eigenvalue weighted by atomic mass is 10.0. The fraction of sp³-hybridized carbons (Fsp3) is 0.286. The molecule has 0 aliphatic carbocycles. The number of rotatable bonds is 4. The molecule has 0 spiro atoms. The molecular formula is C14H15ClO2S. The molecule has 0 aliphatic heterocycles. The summed E-state index contributed by atoms with van der Waals surface area (Å²) in [5.74, 6) is 1.44. The number of methoxy groups -OCH3 is 2. The fourth-order valence-electron chi connectivity index (χ4n) is 1.86. The van der Waals surface area contributed by atoms with Gasteiger partial charge in [0, 0.05) is 4.88 Å². The van der Waals surface area contributed by atoms with Gasteiger partial charge in [0.2, 0.25) is 0 Å². The van der Waals surface area contributed by atoms with Crippen LogP contribution in [-0.2, 0) is 0 Å². The van der Waals surface area contributed by atoms with Gasteiger partial charge in [0.15, 0.2) is 11.5 Å². The summed E-state index contributed by atoms with van der Waals surface area (Å²) in [7, 11) is 3.26. The van der Waals surface area contributed by atoms with Crippen molar-refractivity contribution in [2.75, 3.05) is 14.2 Å². The van der Waals surface area contributed by atoms with Gasteiger partial charge in [-0.1, -0.05) is 6.07 Å². The highest BCUT2D eigenvalue weighted by molar-refractivity contribution is 7.10. The minimum absolute atomic E-state index is 0.148. The maximum absolute atomic E-state index is 6.52. The van der Waals surface area contributed by atoms with Gasteiger partial charge in [-0.2, -0.15) is 0 Å². The lowest BCUT2D eigenvalue weighted by Crippen LogP contribution is -1.98. The van der Waals surface area contributed by atoms with Crippen molar-refractivity contribution in [1.82, 2.24) is 0 Å². The minimum Gasteiger partial charge on any atom is -0.493 e. The van der Waals surface area contributed by atoms with E-state index in [1.807, 2.05) is 36.6 Å². The molecule has 2 aromatic rings. The molecule has 1 atom stereocenters. The molecule has 1 aromatic carbocycles. The molecule has 0 saturated heterocycles. The van der Waals surface area contributed by atoms with Crippen LogP contribution < -0.4 is 9.47 Å². The maximum Gasteiger partial charge on any atom is 0.161 e. The zero-order valence-electron chi connectivity index (χ0n) is 10.6. The number of alkyl halides is 1. The number of hydrogen-bond donors (Lipinski definition) is 0. The van der Waals surface area contributed by atoms with Crippen LogP contribution in [0.15, 0.2) is 29.6 Å². The van der Waals surface area contributed by atoms with Crippen molar-refractivity contribution in [2.24, 2.45) is 0 Å². The van der Waals surface area contributed by atoms with Crippen LogP contribution in [0.4, 0.5) is 0 Å². The van der Waals surface area contributed by atoms with Crippen molar-refractivity contribution in [3.63, 3.8) is 0 Å². The average Bonchev–Trinajstić information content (AvgIpc) is 2.91. The van der Waals surface area contributed by atoms with E-state index < -0.39 is 0 Å². The summed E-state index contributed by atoms with van der Waals surface area (Å²) < 4.78 is 10.6. The number of benzene rings is 1. The highest BCUT2D eigenvalue weighted by Gasteiger charge is 2.17. The van der Waals surface area contributed by atoms with E-state index in [9.17, 15) is 0 Å². The molecule has 0 N–H and O–H groups in total. The van der Waals surface area contributed by atoms with Crippen LogP contribution in [0.5, 0.6) is 11.5 Å². The molecular weight excluding hydrogens is 268 g/mol. The Morgan fingerprint density at radius 2 is 1.83 bits per heavy atom. The van der Waals surface area contributed by atoms with E-state index in [-0.39, 0.29) is 5.38 Å². The molecule has 0 amide bonds. The van der Waals surface area contributed by atoms with Gasteiger partial charge in [0.25, 0.3) is 0 Å². The third kappa shape index (κ3) is 2.47. The van der Waals surface area contributed by atoms with E-state index in [1.165, 1.54) is 0 Å². The molecule has 0 aliphatic rings. The Morgan fingerprint density at radius 1 is 1.17 bits per heavy atom. The number of halogens is 1. The Balaban J connectivity index is 2.45. The SMILES string of the molecule is COc1cc(C)c(C(Cl)c2cccs2)cc1OC. The van der Waals surface area contributed by atoms with E-state index in [0.717, 1.165) is 21.8 Å². The zero-order chi connectivity index (χ0) is 13.1. The van der Waals surface area contributed by atoms with Crippen molar-refractivity contribution in [1.29, 1.82) is 0 Å². The quantitative estimate of drug-likeness (QED) is 0.774. The third-order valence-corrected chi connectivity index (χ3v) is 4.37. The summed E-state index contributed by atoms with van der Waals surface area (Å²) >= 11 is 8.17. The van der Waals surface area contributed by atoms with Gasteiger partial charge in [0.1, 0.15) is 0 Å². The van der Waals surface area contributed by atoms with Gasteiger partial charge in [-0.25, -0.2) is 0 Å². The molecule has 96 valence electrons. The van der Waals surface area contributed by atoms with E-state index in [1.54, 1.807) is 25.6 Å². The Hall–Kier alpha value is -1.19. The smallest absolute Gasteiger partial charge is 0.161 e. The predicted octanol–water partition coefficient (Wildman–Crippen LogP) is 4.40. The van der Waals surface area contributed by atoms with Crippen molar-refractivity contribution in [3.05, 3.63) is 45.6 Å². The second kappa shape index (κ2) is 5.63. The van der Waals surface area contributed by atoms with Crippen molar-refractivity contribution in [3.8, 4) is 11.5 Å². The van der Waals surface area contributed by atoms with E-state index in [0.29, 0.717) is 5.75 Å². The Bertz CT molecular complexity index is 523. The van der Waals surface area contributed by atoms with Crippen LogP contribution in [0.3, 0.4) is 0 Å². The van der Waals surface area contributed by atoms with Crippen LogP contribution in [-0.4, -0.2) is 14.2 Å². The van der Waals surface area contributed by atoms with Gasteiger partial charge in [-0.15, -0.1) is 22.9 Å². The summed E-state index contributed by atoms with van der Waals surface area (Å²) in [6.07, 6.45) is 0. The summed E-state index contributed by atoms with van der Waals surface area (Å²) in [4.78, 5) is 1.13. The molecule has 0 fully saturated rings. The standard InChI is InChI=1S/C14H15ClO2S/c1-9-7-11(16-2)12(17-3)8-10(9)14(15)13-5-4-6-18-13/h4-8,14H,1-3H3. The molecule has 2 nitrogen and oxygen atoms in total. The summed E-state index contributed by atoms with van der Waals surface area (Å²) in [5, 5.41) is 1.88. The summed E-state index contributed by atoms with van der Waals surface area (Å²) in [6, 6.07) is 7.95. The largest absolute Gasteiger partial charge is 0.493 e. The normalized spacial score (nSPS) is 12.2. The van der Waals surface area contributed by atoms with Crippen LogP contribution in [0, 0.1) is 6.92 Å². The molecule has 1 heterocycles. The second-order valence-corrected chi connectivity index (χ2v) is 5.36. The number of hydrogen-bond acceptors (Lipinski definition) is 3. The highest BCUT2D eigenvalue weighted by Crippen LogP contribution is 2.39. The van der Waals surface area contributed by atoms with Gasteiger partial charge < -0.3 is 9.47 Å². The second-order valence-electron chi connectivity index (χ2n) is 3.94. The topological polar surface area (TPSA) is 18.5 Å². The number of aryl methyl sites for hydroxylation is 1. The average molecular weight is 283 g/mol. The number of thiophene rings is 1. The molecule has 2 rings (SSSR count). The lowest BCUT2D eigenvalue weighted by Gasteiger charge is -2.15. The van der Waals surface area contributed by atoms with Crippen molar-refractivity contribution >= 4 is 22.9 Å².